The summed E-state index contributed by atoms with van der Waals surface area (Å²) in [4.78, 5) is 45.9. The Hall–Kier alpha value is -2.13. The van der Waals surface area contributed by atoms with E-state index in [9.17, 15) is 14.4 Å². The lowest BCUT2D eigenvalue weighted by Gasteiger charge is -2.11. The Morgan fingerprint density at radius 3 is 2.04 bits per heavy atom. The Balaban J connectivity index is 1.98. The Morgan fingerprint density at radius 1 is 1.00 bits per heavy atom. The average molecular weight is 462 g/mol. The van der Waals surface area contributed by atoms with Crippen LogP contribution >= 0.6 is 46.4 Å². The highest BCUT2D eigenvalue weighted by Gasteiger charge is 2.44. The van der Waals surface area contributed by atoms with Gasteiger partial charge in [0.25, 0.3) is 23.0 Å². The van der Waals surface area contributed by atoms with Crippen molar-refractivity contribution in [2.24, 2.45) is 7.05 Å². The van der Waals surface area contributed by atoms with Gasteiger partial charge in [-0.25, -0.2) is 14.0 Å². The molecule has 0 saturated heterocycles. The quantitative estimate of drug-likeness (QED) is 0.275. The lowest BCUT2D eigenvalue weighted by molar-refractivity contribution is -0.646. The number of aromatic amines is 1. The van der Waals surface area contributed by atoms with Crippen molar-refractivity contribution >= 4 is 75.3 Å². The molecular formula is C16H10Cl4N5O3+. The van der Waals surface area contributed by atoms with Crippen LogP contribution < -0.4 is 15.0 Å². The number of hydrogen-bond acceptors (Lipinski definition) is 4. The van der Waals surface area contributed by atoms with Crippen LogP contribution in [0.15, 0.2) is 11.1 Å². The number of benzene rings is 1. The van der Waals surface area contributed by atoms with E-state index in [2.05, 4.69) is 9.97 Å². The number of amides is 2. The van der Waals surface area contributed by atoms with Crippen LogP contribution in [0.1, 0.15) is 27.6 Å². The van der Waals surface area contributed by atoms with Crippen molar-refractivity contribution in [1.29, 1.82) is 0 Å². The number of rotatable bonds is 2. The second-order valence-corrected chi connectivity index (χ2v) is 7.54. The standard InChI is InChI=1S/C16H9Cl4N5O3/c1-3-24-4-23(2)11-12(24)21-16(22-13(11)26)25-14(27)5-6(15(25)28)8(18)10(20)9(19)7(5)17/h4H,3H2,1-2H3/p+1. The van der Waals surface area contributed by atoms with E-state index in [1.807, 2.05) is 6.92 Å². The minimum atomic E-state index is -0.813. The third-order valence-corrected chi connectivity index (χ3v) is 6.26. The maximum absolute atomic E-state index is 12.9. The van der Waals surface area contributed by atoms with E-state index in [4.69, 9.17) is 46.4 Å². The number of imide groups is 1. The molecule has 28 heavy (non-hydrogen) atoms. The number of fused-ring (bicyclic) bond motifs is 2. The van der Waals surface area contributed by atoms with Crippen molar-refractivity contribution in [2.75, 3.05) is 4.90 Å². The molecule has 3 heterocycles. The van der Waals surface area contributed by atoms with Crippen LogP contribution in [-0.4, -0.2) is 26.3 Å². The molecule has 0 saturated carbocycles. The van der Waals surface area contributed by atoms with Crippen LogP contribution in [0.5, 0.6) is 0 Å². The highest BCUT2D eigenvalue weighted by molar-refractivity contribution is 6.56. The van der Waals surface area contributed by atoms with Gasteiger partial charge in [0.2, 0.25) is 12.3 Å². The van der Waals surface area contributed by atoms with Gasteiger partial charge in [-0.3, -0.25) is 19.4 Å². The van der Waals surface area contributed by atoms with Gasteiger partial charge in [0.15, 0.2) is 0 Å². The fourth-order valence-electron chi connectivity index (χ4n) is 3.16. The summed E-state index contributed by atoms with van der Waals surface area (Å²) in [7, 11) is 1.69. The molecule has 1 N–H and O–H groups in total. The molecule has 0 atom stereocenters. The number of carbonyl (C=O) groups is 2. The Bertz CT molecular complexity index is 1230. The molecule has 0 fully saturated rings. The molecule has 12 heteroatoms. The highest BCUT2D eigenvalue weighted by Crippen LogP contribution is 2.45. The molecule has 0 bridgehead atoms. The van der Waals surface area contributed by atoms with Crippen LogP contribution in [0.4, 0.5) is 5.95 Å². The van der Waals surface area contributed by atoms with E-state index in [-0.39, 0.29) is 37.2 Å². The molecular weight excluding hydrogens is 452 g/mol. The Kier molecular flexibility index (Phi) is 4.42. The lowest BCUT2D eigenvalue weighted by Crippen LogP contribution is -2.35. The molecule has 0 aliphatic carbocycles. The van der Waals surface area contributed by atoms with E-state index in [0.717, 1.165) is 0 Å². The normalized spacial score (nSPS) is 13.7. The summed E-state index contributed by atoms with van der Waals surface area (Å²) < 4.78 is 3.31. The molecule has 0 radical (unpaired) electrons. The van der Waals surface area contributed by atoms with Gasteiger partial charge in [0.05, 0.1) is 44.8 Å². The maximum atomic E-state index is 12.9. The third-order valence-electron chi connectivity index (χ3n) is 4.45. The van der Waals surface area contributed by atoms with Gasteiger partial charge in [0.1, 0.15) is 0 Å². The van der Waals surface area contributed by atoms with Crippen LogP contribution in [0.2, 0.25) is 20.1 Å². The minimum Gasteiger partial charge on any atom is -0.288 e. The number of hydrogen-bond donors (Lipinski definition) is 1. The van der Waals surface area contributed by atoms with E-state index in [1.54, 1.807) is 22.5 Å². The molecule has 3 aromatic rings. The zero-order valence-corrected chi connectivity index (χ0v) is 17.3. The van der Waals surface area contributed by atoms with Gasteiger partial charge in [-0.15, -0.1) is 0 Å². The second kappa shape index (κ2) is 6.45. The topological polar surface area (TPSA) is 91.9 Å². The number of halogens is 4. The highest BCUT2D eigenvalue weighted by atomic mass is 35.5. The molecule has 2 amide bonds. The van der Waals surface area contributed by atoms with Crippen molar-refractivity contribution in [3.8, 4) is 0 Å². The lowest BCUT2D eigenvalue weighted by atomic mass is 10.1. The first kappa shape index (κ1) is 19.2. The fraction of sp³-hybridized carbons (Fsp3) is 0.188. The van der Waals surface area contributed by atoms with Gasteiger partial charge in [-0.05, 0) is 6.92 Å². The first-order valence-corrected chi connectivity index (χ1v) is 9.43. The summed E-state index contributed by atoms with van der Waals surface area (Å²) in [5, 5.41) is -0.671. The van der Waals surface area contributed by atoms with Crippen molar-refractivity contribution in [2.45, 2.75) is 13.5 Å². The number of imidazole rings is 1. The molecule has 0 unspecified atom stereocenters. The van der Waals surface area contributed by atoms with Gasteiger partial charge in [0, 0.05) is 0 Å². The Labute approximate surface area is 177 Å². The average Bonchev–Trinajstić information content (AvgIpc) is 3.11. The van der Waals surface area contributed by atoms with Crippen LogP contribution in [-0.2, 0) is 13.6 Å². The summed E-state index contributed by atoms with van der Waals surface area (Å²) in [6.07, 6.45) is 1.69. The molecule has 2 aromatic heterocycles. The van der Waals surface area contributed by atoms with Crippen molar-refractivity contribution in [3.05, 3.63) is 47.9 Å². The van der Waals surface area contributed by atoms with Crippen LogP contribution in [0.25, 0.3) is 11.2 Å². The maximum Gasteiger partial charge on any atom is 0.304 e. The van der Waals surface area contributed by atoms with Gasteiger partial charge >= 0.3 is 5.56 Å². The SMILES string of the molecule is CCn1c[n+](C)c2c(=O)[nH]c(N3C(=O)c4c(Cl)c(Cl)c(Cl)c(Cl)c4C3=O)nc21. The zero-order valence-electron chi connectivity index (χ0n) is 14.3. The third kappa shape index (κ3) is 2.42. The van der Waals surface area contributed by atoms with Gasteiger partial charge in [-0.1, -0.05) is 46.4 Å². The summed E-state index contributed by atoms with van der Waals surface area (Å²) in [6.45, 7) is 2.39. The molecule has 8 nitrogen and oxygen atoms in total. The zero-order chi connectivity index (χ0) is 20.5. The minimum absolute atomic E-state index is 0.140. The van der Waals surface area contributed by atoms with Gasteiger partial charge in [-0.2, -0.15) is 4.98 Å². The number of carbonyl (C=O) groups excluding carboxylic acids is 2. The number of nitrogens with zero attached hydrogens (tertiary/aromatic N) is 4. The van der Waals surface area contributed by atoms with Gasteiger partial charge < -0.3 is 0 Å². The molecule has 1 aliphatic heterocycles. The summed E-state index contributed by atoms with van der Waals surface area (Å²) in [6, 6.07) is 0. The number of anilines is 1. The molecule has 4 rings (SSSR count). The van der Waals surface area contributed by atoms with Crippen molar-refractivity contribution in [1.82, 2.24) is 14.5 Å². The molecule has 1 aliphatic rings. The van der Waals surface area contributed by atoms with E-state index in [0.29, 0.717) is 22.6 Å². The largest absolute Gasteiger partial charge is 0.304 e. The number of aromatic nitrogens is 4. The molecule has 0 spiro atoms. The van der Waals surface area contributed by atoms with E-state index < -0.39 is 17.4 Å². The summed E-state index contributed by atoms with van der Waals surface area (Å²) >= 11 is 24.3. The first-order valence-electron chi connectivity index (χ1n) is 7.92. The second-order valence-electron chi connectivity index (χ2n) is 6.03. The number of nitrogens with one attached hydrogen (secondary N) is 1. The van der Waals surface area contributed by atoms with E-state index >= 15 is 0 Å². The smallest absolute Gasteiger partial charge is 0.288 e. The van der Waals surface area contributed by atoms with Crippen molar-refractivity contribution < 1.29 is 14.2 Å². The first-order chi connectivity index (χ1) is 13.2. The molecule has 1 aromatic carbocycles. The number of aryl methyl sites for hydroxylation is 2. The monoisotopic (exact) mass is 460 g/mol. The Morgan fingerprint density at radius 2 is 1.54 bits per heavy atom. The molecule has 144 valence electrons. The predicted molar refractivity (Wildman–Crippen MR) is 105 cm³/mol. The van der Waals surface area contributed by atoms with Crippen LogP contribution in [0, 0.1) is 0 Å². The van der Waals surface area contributed by atoms with E-state index in [1.165, 1.54) is 0 Å². The summed E-state index contributed by atoms with van der Waals surface area (Å²) in [5.74, 6) is -1.88. The predicted octanol–water partition coefficient (Wildman–Crippen LogP) is 2.98. The fourth-order valence-corrected chi connectivity index (χ4v) is 4.18. The van der Waals surface area contributed by atoms with Crippen LogP contribution in [0.3, 0.4) is 0 Å². The van der Waals surface area contributed by atoms with Crippen molar-refractivity contribution in [3.63, 3.8) is 0 Å². The summed E-state index contributed by atoms with van der Waals surface area (Å²) in [5.41, 5.74) is -0.284. The number of H-pyrrole nitrogens is 1.